The van der Waals surface area contributed by atoms with Crippen molar-refractivity contribution in [3.63, 3.8) is 0 Å². The van der Waals surface area contributed by atoms with Gasteiger partial charge in [0.1, 0.15) is 11.5 Å². The lowest BCUT2D eigenvalue weighted by molar-refractivity contribution is -0.137. The number of carbonyl (C=O) groups is 1. The Morgan fingerprint density at radius 2 is 1.94 bits per heavy atom. The van der Waals surface area contributed by atoms with Crippen molar-refractivity contribution in [2.45, 2.75) is 13.0 Å². The molecule has 1 aromatic carbocycles. The van der Waals surface area contributed by atoms with Gasteiger partial charge in [-0.05, 0) is 19.1 Å². The van der Waals surface area contributed by atoms with Crippen LogP contribution in [0.2, 0.25) is 0 Å². The molecule has 1 unspecified atom stereocenters. The summed E-state index contributed by atoms with van der Waals surface area (Å²) in [6.07, 6.45) is 0. The molecule has 0 heterocycles. The lowest BCUT2D eigenvalue weighted by atomic mass is 10.1. The number of aromatic hydroxyl groups is 2. The molecule has 0 saturated heterocycles. The Balaban J connectivity index is 3.15. The number of carboxylic acids is 1. The Morgan fingerprint density at radius 1 is 1.41 bits per heavy atom. The average molecular weight is 255 g/mol. The minimum Gasteiger partial charge on any atom is -0.507 e. The van der Waals surface area contributed by atoms with Crippen LogP contribution in [0.3, 0.4) is 0 Å². The minimum absolute atomic E-state index is 0.0427. The summed E-state index contributed by atoms with van der Waals surface area (Å²) in [6.45, 7) is 1.52. The van der Waals surface area contributed by atoms with Crippen molar-refractivity contribution >= 4 is 24.3 Å². The summed E-state index contributed by atoms with van der Waals surface area (Å²) >= 11 is 3.88. The van der Waals surface area contributed by atoms with Gasteiger partial charge >= 0.3 is 5.97 Å². The Morgan fingerprint density at radius 3 is 2.35 bits per heavy atom. The van der Waals surface area contributed by atoms with Crippen molar-refractivity contribution in [3.05, 3.63) is 23.8 Å². The number of phenolic OH excluding ortho intramolecular Hbond substituents is 2. The number of hydrogen-bond acceptors (Lipinski definition) is 5. The van der Waals surface area contributed by atoms with E-state index in [9.17, 15) is 15.0 Å². The first-order valence-corrected chi connectivity index (χ1v) is 5.50. The number of carboxylic acid groups (broad SMARTS) is 1. The van der Waals surface area contributed by atoms with Gasteiger partial charge in [0, 0.05) is 11.5 Å². The van der Waals surface area contributed by atoms with Crippen LogP contribution >= 0.6 is 12.6 Å². The molecule has 0 bridgehead atoms. The molecule has 1 rings (SSSR count). The van der Waals surface area contributed by atoms with Crippen molar-refractivity contribution in [1.82, 2.24) is 0 Å². The Hall–Kier alpha value is -1.69. The van der Waals surface area contributed by atoms with Crippen LogP contribution < -0.4 is 0 Å². The van der Waals surface area contributed by atoms with E-state index >= 15 is 0 Å². The fourth-order valence-electron chi connectivity index (χ4n) is 1.37. The van der Waals surface area contributed by atoms with E-state index in [0.717, 1.165) is 0 Å². The van der Waals surface area contributed by atoms with Crippen LogP contribution in [0.25, 0.3) is 0 Å². The van der Waals surface area contributed by atoms with Gasteiger partial charge in [-0.3, -0.25) is 4.99 Å². The van der Waals surface area contributed by atoms with E-state index < -0.39 is 12.0 Å². The van der Waals surface area contributed by atoms with Crippen LogP contribution in [0.4, 0.5) is 0 Å². The van der Waals surface area contributed by atoms with Crippen LogP contribution in [0.15, 0.2) is 23.2 Å². The van der Waals surface area contributed by atoms with Gasteiger partial charge in [-0.25, -0.2) is 4.79 Å². The van der Waals surface area contributed by atoms with E-state index in [4.69, 9.17) is 5.11 Å². The molecule has 1 atom stereocenters. The van der Waals surface area contributed by atoms with Crippen molar-refractivity contribution in [1.29, 1.82) is 0 Å². The highest BCUT2D eigenvalue weighted by molar-refractivity contribution is 7.80. The molecule has 0 spiro atoms. The summed E-state index contributed by atoms with van der Waals surface area (Å²) in [5.74, 6) is -1.35. The number of benzene rings is 1. The van der Waals surface area contributed by atoms with E-state index in [-0.39, 0.29) is 28.5 Å². The summed E-state index contributed by atoms with van der Waals surface area (Å²) in [5, 5.41) is 28.0. The molecular formula is C11H13NO4S. The summed E-state index contributed by atoms with van der Waals surface area (Å²) < 4.78 is 0. The van der Waals surface area contributed by atoms with Crippen LogP contribution in [-0.2, 0) is 4.79 Å². The van der Waals surface area contributed by atoms with Crippen molar-refractivity contribution in [2.75, 3.05) is 5.75 Å². The number of phenols is 2. The highest BCUT2D eigenvalue weighted by atomic mass is 32.1. The molecule has 0 fully saturated rings. The number of thiol groups is 1. The molecular weight excluding hydrogens is 242 g/mol. The zero-order valence-electron chi connectivity index (χ0n) is 9.16. The fourth-order valence-corrected chi connectivity index (χ4v) is 1.61. The van der Waals surface area contributed by atoms with Gasteiger partial charge < -0.3 is 15.3 Å². The lowest BCUT2D eigenvalue weighted by Crippen LogP contribution is -2.21. The van der Waals surface area contributed by atoms with Gasteiger partial charge in [0.2, 0.25) is 0 Å². The number of aliphatic carboxylic acids is 1. The predicted octanol–water partition coefficient (Wildman–Crippen LogP) is 1.29. The van der Waals surface area contributed by atoms with Crippen molar-refractivity contribution in [2.24, 2.45) is 4.99 Å². The second kappa shape index (κ2) is 5.58. The van der Waals surface area contributed by atoms with E-state index in [1.807, 2.05) is 0 Å². The number of nitrogens with zero attached hydrogens (tertiary/aromatic N) is 1. The molecule has 17 heavy (non-hydrogen) atoms. The van der Waals surface area contributed by atoms with Gasteiger partial charge in [-0.2, -0.15) is 12.6 Å². The molecule has 0 radical (unpaired) electrons. The van der Waals surface area contributed by atoms with Gasteiger partial charge in [0.05, 0.1) is 5.56 Å². The van der Waals surface area contributed by atoms with Crippen molar-refractivity contribution < 1.29 is 20.1 Å². The topological polar surface area (TPSA) is 90.1 Å². The first-order chi connectivity index (χ1) is 7.97. The van der Waals surface area contributed by atoms with Gasteiger partial charge in [-0.15, -0.1) is 0 Å². The molecule has 0 aliphatic rings. The fraction of sp³-hybridized carbons (Fsp3) is 0.273. The monoisotopic (exact) mass is 255 g/mol. The third kappa shape index (κ3) is 3.13. The largest absolute Gasteiger partial charge is 0.507 e. The molecule has 3 N–H and O–H groups in total. The molecule has 5 nitrogen and oxygen atoms in total. The van der Waals surface area contributed by atoms with E-state index in [1.54, 1.807) is 0 Å². The minimum atomic E-state index is -1.10. The maximum Gasteiger partial charge on any atom is 0.329 e. The quantitative estimate of drug-likeness (QED) is 0.482. The molecule has 0 aliphatic carbocycles. The zero-order chi connectivity index (χ0) is 13.0. The van der Waals surface area contributed by atoms with Crippen molar-refractivity contribution in [3.8, 4) is 11.5 Å². The smallest absolute Gasteiger partial charge is 0.329 e. The third-order valence-electron chi connectivity index (χ3n) is 2.19. The van der Waals surface area contributed by atoms with Crippen LogP contribution in [0, 0.1) is 0 Å². The zero-order valence-corrected chi connectivity index (χ0v) is 10.1. The van der Waals surface area contributed by atoms with Gasteiger partial charge in [-0.1, -0.05) is 6.07 Å². The second-order valence-electron chi connectivity index (χ2n) is 3.42. The number of rotatable bonds is 4. The lowest BCUT2D eigenvalue weighted by Gasteiger charge is -2.09. The number of aliphatic imine (C=N–C) groups is 1. The highest BCUT2D eigenvalue weighted by Crippen LogP contribution is 2.27. The second-order valence-corrected chi connectivity index (χ2v) is 3.79. The Labute approximate surface area is 104 Å². The first-order valence-electron chi connectivity index (χ1n) is 4.86. The SMILES string of the molecule is C/C(=N/C(CS)C(=O)O)c1c(O)cccc1O. The third-order valence-corrected chi connectivity index (χ3v) is 2.54. The van der Waals surface area contributed by atoms with Crippen LogP contribution in [0.1, 0.15) is 12.5 Å². The normalized spacial score (nSPS) is 13.4. The molecule has 92 valence electrons. The molecule has 0 aromatic heterocycles. The Bertz CT molecular complexity index is 439. The summed E-state index contributed by atoms with van der Waals surface area (Å²) in [5.41, 5.74) is 0.391. The Kier molecular flexibility index (Phi) is 4.39. The van der Waals surface area contributed by atoms with Gasteiger partial charge in [0.15, 0.2) is 6.04 Å². The molecule has 1 aromatic rings. The van der Waals surface area contributed by atoms with Crippen LogP contribution in [0.5, 0.6) is 11.5 Å². The maximum absolute atomic E-state index is 10.8. The van der Waals surface area contributed by atoms with Gasteiger partial charge in [0.25, 0.3) is 0 Å². The van der Waals surface area contributed by atoms with E-state index in [1.165, 1.54) is 25.1 Å². The molecule has 6 heteroatoms. The summed E-state index contributed by atoms with van der Waals surface area (Å²) in [6, 6.07) is 3.27. The molecule has 0 saturated carbocycles. The van der Waals surface area contributed by atoms with E-state index in [0.29, 0.717) is 0 Å². The standard InChI is InChI=1S/C11H13NO4S/c1-6(12-7(5-17)11(15)16)10-8(13)3-2-4-9(10)14/h2-4,7,13-14,17H,5H2,1H3,(H,15,16)/b12-6-. The van der Waals surface area contributed by atoms with Crippen LogP contribution in [-0.4, -0.2) is 38.8 Å². The first kappa shape index (κ1) is 13.4. The number of hydrogen-bond donors (Lipinski definition) is 4. The predicted molar refractivity (Wildman–Crippen MR) is 67.3 cm³/mol. The maximum atomic E-state index is 10.8. The summed E-state index contributed by atoms with van der Waals surface area (Å²) in [7, 11) is 0. The molecule has 0 aliphatic heterocycles. The van der Waals surface area contributed by atoms with E-state index in [2.05, 4.69) is 17.6 Å². The average Bonchev–Trinajstić information content (AvgIpc) is 2.25. The molecule has 0 amide bonds. The summed E-state index contributed by atoms with van der Waals surface area (Å²) in [4.78, 5) is 14.7. The highest BCUT2D eigenvalue weighted by Gasteiger charge is 2.17.